The van der Waals surface area contributed by atoms with Crippen molar-refractivity contribution in [1.29, 1.82) is 5.26 Å². The van der Waals surface area contributed by atoms with Gasteiger partial charge in [0.25, 0.3) is 10.2 Å². The summed E-state index contributed by atoms with van der Waals surface area (Å²) in [6.07, 6.45) is 2.76. The van der Waals surface area contributed by atoms with Crippen LogP contribution < -0.4 is 10.0 Å². The van der Waals surface area contributed by atoms with Crippen LogP contribution in [0.3, 0.4) is 0 Å². The lowest BCUT2D eigenvalue weighted by molar-refractivity contribution is 0.312. The monoisotopic (exact) mass is 382 g/mol. The minimum absolute atomic E-state index is 0.147. The number of nitriles is 1. The molecule has 0 bridgehead atoms. The SMILES string of the molecule is Cc1cc(Cl)n2ncc(C#N)c(N3CCC(N(C)S(N)(=O)=O)CC3)c12. The third-order valence-corrected chi connectivity index (χ3v) is 6.09. The number of hydrogen-bond acceptors (Lipinski definition) is 5. The third kappa shape index (κ3) is 3.18. The molecule has 0 radical (unpaired) electrons. The second-order valence-corrected chi connectivity index (χ2v) is 8.20. The van der Waals surface area contributed by atoms with Crippen molar-refractivity contribution in [3.05, 3.63) is 28.5 Å². The molecule has 25 heavy (non-hydrogen) atoms. The lowest BCUT2D eigenvalue weighted by Gasteiger charge is -2.37. The molecular weight excluding hydrogens is 364 g/mol. The number of hydrogen-bond donors (Lipinski definition) is 1. The van der Waals surface area contributed by atoms with Crippen molar-refractivity contribution < 1.29 is 8.42 Å². The Morgan fingerprint density at radius 2 is 2.08 bits per heavy atom. The van der Waals surface area contributed by atoms with E-state index in [1.807, 2.05) is 13.0 Å². The molecule has 0 unspecified atom stereocenters. The molecule has 1 aliphatic heterocycles. The maximum absolute atomic E-state index is 11.5. The van der Waals surface area contributed by atoms with E-state index in [4.69, 9.17) is 16.7 Å². The van der Waals surface area contributed by atoms with Gasteiger partial charge in [0.2, 0.25) is 0 Å². The minimum atomic E-state index is -3.70. The second-order valence-electron chi connectivity index (χ2n) is 6.21. The Balaban J connectivity index is 1.95. The van der Waals surface area contributed by atoms with Gasteiger partial charge in [-0.05, 0) is 31.4 Å². The van der Waals surface area contributed by atoms with Gasteiger partial charge in [-0.1, -0.05) is 11.6 Å². The summed E-state index contributed by atoms with van der Waals surface area (Å²) < 4.78 is 25.9. The molecule has 0 saturated carbocycles. The van der Waals surface area contributed by atoms with Crippen LogP contribution in [0.4, 0.5) is 5.69 Å². The van der Waals surface area contributed by atoms with Crippen LogP contribution in [-0.4, -0.2) is 48.5 Å². The zero-order valence-corrected chi connectivity index (χ0v) is 15.5. The van der Waals surface area contributed by atoms with E-state index >= 15 is 0 Å². The van der Waals surface area contributed by atoms with Crippen LogP contribution in [0.15, 0.2) is 12.3 Å². The molecule has 10 heteroatoms. The Kier molecular flexibility index (Phi) is 4.64. The maximum Gasteiger partial charge on any atom is 0.276 e. The predicted molar refractivity (Wildman–Crippen MR) is 95.8 cm³/mol. The van der Waals surface area contributed by atoms with Crippen molar-refractivity contribution in [3.8, 4) is 6.07 Å². The predicted octanol–water partition coefficient (Wildman–Crippen LogP) is 1.27. The smallest absolute Gasteiger partial charge is 0.276 e. The zero-order valence-electron chi connectivity index (χ0n) is 14.0. The molecule has 2 N–H and O–H groups in total. The van der Waals surface area contributed by atoms with Gasteiger partial charge in [-0.25, -0.2) is 9.65 Å². The van der Waals surface area contributed by atoms with E-state index in [9.17, 15) is 13.7 Å². The van der Waals surface area contributed by atoms with Gasteiger partial charge in [0.15, 0.2) is 0 Å². The maximum atomic E-state index is 11.5. The molecule has 0 amide bonds. The molecule has 1 saturated heterocycles. The molecule has 3 heterocycles. The number of piperidine rings is 1. The highest BCUT2D eigenvalue weighted by molar-refractivity contribution is 7.86. The Bertz CT molecular complexity index is 957. The van der Waals surface area contributed by atoms with Gasteiger partial charge in [-0.3, -0.25) is 0 Å². The van der Waals surface area contributed by atoms with Crippen molar-refractivity contribution in [2.45, 2.75) is 25.8 Å². The quantitative estimate of drug-likeness (QED) is 0.860. The molecule has 0 aromatic carbocycles. The highest BCUT2D eigenvalue weighted by atomic mass is 35.5. The van der Waals surface area contributed by atoms with Gasteiger partial charge in [0.1, 0.15) is 11.2 Å². The lowest BCUT2D eigenvalue weighted by atomic mass is 10.0. The van der Waals surface area contributed by atoms with Crippen LogP contribution in [0.25, 0.3) is 5.52 Å². The van der Waals surface area contributed by atoms with Crippen LogP contribution in [0.2, 0.25) is 5.15 Å². The van der Waals surface area contributed by atoms with Gasteiger partial charge in [-0.2, -0.15) is 23.1 Å². The first-order valence-electron chi connectivity index (χ1n) is 7.81. The number of aromatic nitrogens is 2. The number of halogens is 1. The highest BCUT2D eigenvalue weighted by Crippen LogP contribution is 2.33. The average molecular weight is 383 g/mol. The van der Waals surface area contributed by atoms with Gasteiger partial charge < -0.3 is 4.90 Å². The van der Waals surface area contributed by atoms with Crippen LogP contribution in [0.1, 0.15) is 24.0 Å². The molecule has 0 atom stereocenters. The molecule has 1 aliphatic rings. The number of nitrogens with two attached hydrogens (primary N) is 1. The summed E-state index contributed by atoms with van der Waals surface area (Å²) in [5.74, 6) is 0. The first-order valence-corrected chi connectivity index (χ1v) is 9.69. The van der Waals surface area contributed by atoms with Crippen molar-refractivity contribution in [2.75, 3.05) is 25.0 Å². The number of nitrogens with zero attached hydrogens (tertiary/aromatic N) is 5. The number of aryl methyl sites for hydroxylation is 1. The summed E-state index contributed by atoms with van der Waals surface area (Å²) in [6.45, 7) is 3.15. The Hall–Kier alpha value is -1.86. The molecule has 0 aliphatic carbocycles. The number of rotatable bonds is 3. The van der Waals surface area contributed by atoms with E-state index in [-0.39, 0.29) is 6.04 Å². The van der Waals surface area contributed by atoms with Crippen LogP contribution in [-0.2, 0) is 10.2 Å². The summed E-state index contributed by atoms with van der Waals surface area (Å²) in [5.41, 5.74) is 3.01. The molecule has 134 valence electrons. The first kappa shape index (κ1) is 17.9. The molecule has 8 nitrogen and oxygen atoms in total. The lowest BCUT2D eigenvalue weighted by Crippen LogP contribution is -2.47. The fourth-order valence-corrected chi connectivity index (χ4v) is 4.27. The summed E-state index contributed by atoms with van der Waals surface area (Å²) >= 11 is 6.21. The molecule has 3 rings (SSSR count). The largest absolute Gasteiger partial charge is 0.369 e. The third-order valence-electron chi connectivity index (χ3n) is 4.72. The van der Waals surface area contributed by atoms with Gasteiger partial charge >= 0.3 is 0 Å². The van der Waals surface area contributed by atoms with Crippen LogP contribution in [0, 0.1) is 18.3 Å². The van der Waals surface area contributed by atoms with E-state index in [1.54, 1.807) is 4.52 Å². The topological polar surface area (TPSA) is 108 Å². The summed E-state index contributed by atoms with van der Waals surface area (Å²) in [4.78, 5) is 2.09. The number of anilines is 1. The molecule has 1 fully saturated rings. The summed E-state index contributed by atoms with van der Waals surface area (Å²) in [6, 6.07) is 3.86. The first-order chi connectivity index (χ1) is 11.7. The normalized spacial score (nSPS) is 16.6. The highest BCUT2D eigenvalue weighted by Gasteiger charge is 2.30. The van der Waals surface area contributed by atoms with Crippen molar-refractivity contribution in [3.63, 3.8) is 0 Å². The Morgan fingerprint density at radius 3 is 2.64 bits per heavy atom. The molecule has 2 aromatic rings. The fraction of sp³-hybridized carbons (Fsp3) is 0.467. The van der Waals surface area contributed by atoms with Gasteiger partial charge in [-0.15, -0.1) is 0 Å². The number of fused-ring (bicyclic) bond motifs is 1. The molecular formula is C15H19ClN6O2S. The van der Waals surface area contributed by atoms with Crippen LogP contribution in [0.5, 0.6) is 0 Å². The summed E-state index contributed by atoms with van der Waals surface area (Å²) in [7, 11) is -2.21. The second kappa shape index (κ2) is 6.46. The van der Waals surface area contributed by atoms with Crippen molar-refractivity contribution in [2.24, 2.45) is 5.14 Å². The van der Waals surface area contributed by atoms with E-state index in [2.05, 4.69) is 16.1 Å². The van der Waals surface area contributed by atoms with Gasteiger partial charge in [0.05, 0.1) is 23.0 Å². The fourth-order valence-electron chi connectivity index (χ4n) is 3.35. The van der Waals surface area contributed by atoms with Crippen molar-refractivity contribution >= 4 is 33.0 Å². The Labute approximate surface area is 151 Å². The molecule has 0 spiro atoms. The van der Waals surface area contributed by atoms with Gasteiger partial charge in [0, 0.05) is 26.2 Å². The minimum Gasteiger partial charge on any atom is -0.369 e. The Morgan fingerprint density at radius 1 is 1.44 bits per heavy atom. The van der Waals surface area contributed by atoms with Crippen LogP contribution >= 0.6 is 11.6 Å². The van der Waals surface area contributed by atoms with E-state index in [0.717, 1.165) is 16.8 Å². The van der Waals surface area contributed by atoms with E-state index in [1.165, 1.54) is 17.5 Å². The zero-order chi connectivity index (χ0) is 18.4. The summed E-state index contributed by atoms with van der Waals surface area (Å²) in [5, 5.41) is 19.4. The van der Waals surface area contributed by atoms with E-state index < -0.39 is 10.2 Å². The average Bonchev–Trinajstić information content (AvgIpc) is 2.87. The van der Waals surface area contributed by atoms with E-state index in [0.29, 0.717) is 36.6 Å². The molecule has 2 aromatic heterocycles. The standard InChI is InChI=1S/C15H19ClN6O2S/c1-10-7-13(16)22-14(10)15(11(8-17)9-19-22)21-5-3-12(4-6-21)20(2)25(18,23)24/h7,9,12H,3-6H2,1-2H3,(H2,18,23,24). The van der Waals surface area contributed by atoms with Crippen molar-refractivity contribution in [1.82, 2.24) is 13.9 Å².